The van der Waals surface area contributed by atoms with Crippen molar-refractivity contribution in [2.75, 3.05) is 31.7 Å². The molecule has 6 rings (SSSR count). The summed E-state index contributed by atoms with van der Waals surface area (Å²) in [4.78, 5) is 36.7. The van der Waals surface area contributed by atoms with Gasteiger partial charge in [0.1, 0.15) is 6.61 Å². The number of rotatable bonds is 6. The number of anilines is 1. The van der Waals surface area contributed by atoms with Crippen molar-refractivity contribution in [2.45, 2.75) is 56.7 Å². The molecule has 4 heterocycles. The monoisotopic (exact) mass is 574 g/mol. The number of amides is 1. The molecular formula is C27H32Cl2N6O4. The lowest BCUT2D eigenvalue weighted by molar-refractivity contribution is 0.0686. The highest BCUT2D eigenvalue weighted by Gasteiger charge is 2.33. The van der Waals surface area contributed by atoms with Crippen LogP contribution in [0.1, 0.15) is 44.6 Å². The zero-order valence-corrected chi connectivity index (χ0v) is 23.1. The average Bonchev–Trinajstić information content (AvgIpc) is 3.52. The Kier molecular flexibility index (Phi) is 8.44. The minimum atomic E-state index is -0.198. The van der Waals surface area contributed by atoms with Crippen LogP contribution in [0, 0.1) is 0 Å². The molecule has 0 unspecified atom stereocenters. The van der Waals surface area contributed by atoms with Crippen LogP contribution in [0.2, 0.25) is 5.02 Å². The van der Waals surface area contributed by atoms with E-state index in [-0.39, 0.29) is 42.3 Å². The van der Waals surface area contributed by atoms with Gasteiger partial charge in [-0.2, -0.15) is 0 Å². The van der Waals surface area contributed by atoms with E-state index in [0.29, 0.717) is 54.4 Å². The van der Waals surface area contributed by atoms with E-state index < -0.39 is 0 Å². The molecular weight excluding hydrogens is 543 g/mol. The fraction of sp³-hybridized carbons (Fsp3) is 0.481. The second-order valence-electron chi connectivity index (χ2n) is 10.1. The summed E-state index contributed by atoms with van der Waals surface area (Å²) in [6.45, 7) is 2.43. The first-order valence-corrected chi connectivity index (χ1v) is 13.7. The van der Waals surface area contributed by atoms with Crippen LogP contribution in [0.5, 0.6) is 0 Å². The van der Waals surface area contributed by atoms with E-state index in [2.05, 4.69) is 10.3 Å². The van der Waals surface area contributed by atoms with Crippen LogP contribution in [0.3, 0.4) is 0 Å². The predicted molar refractivity (Wildman–Crippen MR) is 150 cm³/mol. The standard InChI is InChI=1S/C27H31ClN6O4.ClH/c28-18-2-1-3-22(16-18)34-24(17-33(26(34)35)21-9-13-37-14-10-21)23-8-11-29-25(31-23)30-19-4-6-20(7-5-19)32-12-15-38-27(32)36;/h1-3,8,11,16-17,19-21H,4-7,9-10,12-15H2,(H,29,30,31);1H. The molecule has 208 valence electrons. The van der Waals surface area contributed by atoms with Gasteiger partial charge in [-0.3, -0.25) is 9.13 Å². The molecule has 10 nitrogen and oxygen atoms in total. The van der Waals surface area contributed by atoms with E-state index in [4.69, 9.17) is 26.1 Å². The molecule has 3 fully saturated rings. The van der Waals surface area contributed by atoms with Gasteiger partial charge in [0.25, 0.3) is 0 Å². The van der Waals surface area contributed by atoms with E-state index in [0.717, 1.165) is 38.5 Å². The first-order chi connectivity index (χ1) is 18.6. The summed E-state index contributed by atoms with van der Waals surface area (Å²) < 4.78 is 14.1. The minimum Gasteiger partial charge on any atom is -0.448 e. The maximum Gasteiger partial charge on any atom is 0.410 e. The van der Waals surface area contributed by atoms with Gasteiger partial charge in [-0.1, -0.05) is 17.7 Å². The Labute approximate surface area is 237 Å². The van der Waals surface area contributed by atoms with Crippen molar-refractivity contribution in [2.24, 2.45) is 0 Å². The molecule has 3 aromatic rings. The Morgan fingerprint density at radius 3 is 2.49 bits per heavy atom. The van der Waals surface area contributed by atoms with Crippen LogP contribution in [-0.2, 0) is 9.47 Å². The molecule has 3 aliphatic rings. The summed E-state index contributed by atoms with van der Waals surface area (Å²) in [6.07, 6.45) is 8.63. The number of nitrogens with zero attached hydrogens (tertiary/aromatic N) is 5. The number of imidazole rings is 1. The number of carbonyl (C=O) groups excluding carboxylic acids is 1. The molecule has 2 saturated heterocycles. The Morgan fingerprint density at radius 2 is 1.77 bits per heavy atom. The lowest BCUT2D eigenvalue weighted by Gasteiger charge is -2.33. The van der Waals surface area contributed by atoms with E-state index in [9.17, 15) is 9.59 Å². The van der Waals surface area contributed by atoms with Crippen molar-refractivity contribution in [1.29, 1.82) is 0 Å². The molecule has 1 N–H and O–H groups in total. The first-order valence-electron chi connectivity index (χ1n) is 13.3. The quantitative estimate of drug-likeness (QED) is 0.455. The third-order valence-electron chi connectivity index (χ3n) is 7.75. The van der Waals surface area contributed by atoms with Crippen LogP contribution in [0.4, 0.5) is 10.7 Å². The topological polar surface area (TPSA) is 104 Å². The number of hydrogen-bond donors (Lipinski definition) is 1. The number of nitrogens with one attached hydrogen (secondary N) is 1. The lowest BCUT2D eigenvalue weighted by atomic mass is 9.90. The van der Waals surface area contributed by atoms with Gasteiger partial charge in [-0.15, -0.1) is 12.4 Å². The summed E-state index contributed by atoms with van der Waals surface area (Å²) in [6, 6.07) is 9.62. The number of ether oxygens (including phenoxy) is 2. The van der Waals surface area contributed by atoms with Gasteiger partial charge in [0.15, 0.2) is 0 Å². The maximum absolute atomic E-state index is 13.7. The average molecular weight is 575 g/mol. The molecule has 0 bridgehead atoms. The molecule has 1 saturated carbocycles. The highest BCUT2D eigenvalue weighted by molar-refractivity contribution is 6.30. The van der Waals surface area contributed by atoms with Gasteiger partial charge in [0.2, 0.25) is 5.95 Å². The van der Waals surface area contributed by atoms with Gasteiger partial charge >= 0.3 is 11.8 Å². The fourth-order valence-corrected chi connectivity index (χ4v) is 5.94. The molecule has 39 heavy (non-hydrogen) atoms. The molecule has 0 spiro atoms. The number of cyclic esters (lactones) is 1. The molecule has 0 atom stereocenters. The smallest absolute Gasteiger partial charge is 0.410 e. The van der Waals surface area contributed by atoms with Crippen LogP contribution in [0.25, 0.3) is 17.1 Å². The van der Waals surface area contributed by atoms with Crippen molar-refractivity contribution in [1.82, 2.24) is 24.0 Å². The Hall–Kier alpha value is -3.08. The third kappa shape index (κ3) is 5.78. The van der Waals surface area contributed by atoms with Gasteiger partial charge in [-0.25, -0.2) is 19.6 Å². The van der Waals surface area contributed by atoms with E-state index >= 15 is 0 Å². The van der Waals surface area contributed by atoms with Gasteiger partial charge in [0, 0.05) is 48.8 Å². The molecule has 2 aromatic heterocycles. The molecule has 0 radical (unpaired) electrons. The van der Waals surface area contributed by atoms with Crippen molar-refractivity contribution in [3.05, 3.63) is 58.2 Å². The van der Waals surface area contributed by atoms with Crippen LogP contribution in [-0.4, -0.2) is 68.5 Å². The minimum absolute atomic E-state index is 0. The zero-order chi connectivity index (χ0) is 26.1. The second-order valence-corrected chi connectivity index (χ2v) is 10.5. The predicted octanol–water partition coefficient (Wildman–Crippen LogP) is 4.70. The van der Waals surface area contributed by atoms with Crippen molar-refractivity contribution >= 4 is 36.0 Å². The van der Waals surface area contributed by atoms with Crippen LogP contribution >= 0.6 is 24.0 Å². The third-order valence-corrected chi connectivity index (χ3v) is 7.98. The maximum atomic E-state index is 13.7. The lowest BCUT2D eigenvalue weighted by Crippen LogP contribution is -2.41. The van der Waals surface area contributed by atoms with E-state index in [1.54, 1.807) is 27.5 Å². The first kappa shape index (κ1) is 27.5. The highest BCUT2D eigenvalue weighted by Crippen LogP contribution is 2.29. The van der Waals surface area contributed by atoms with Crippen molar-refractivity contribution in [3.63, 3.8) is 0 Å². The molecule has 12 heteroatoms. The molecule has 1 aromatic carbocycles. The number of halogens is 2. The van der Waals surface area contributed by atoms with Gasteiger partial charge in [-0.05, 0) is 62.8 Å². The second kappa shape index (κ2) is 12.0. The largest absolute Gasteiger partial charge is 0.448 e. The fourth-order valence-electron chi connectivity index (χ4n) is 5.76. The normalized spacial score (nSPS) is 21.9. The van der Waals surface area contributed by atoms with Crippen LogP contribution < -0.4 is 11.0 Å². The van der Waals surface area contributed by atoms with Gasteiger partial charge in [0.05, 0.1) is 23.6 Å². The molecule has 2 aliphatic heterocycles. The number of carbonyl (C=O) groups is 1. The number of aromatic nitrogens is 4. The van der Waals surface area contributed by atoms with Crippen LogP contribution in [0.15, 0.2) is 47.5 Å². The highest BCUT2D eigenvalue weighted by atomic mass is 35.5. The Balaban J connectivity index is 0.00000308. The summed E-state index contributed by atoms with van der Waals surface area (Å²) >= 11 is 6.29. The number of hydrogen-bond acceptors (Lipinski definition) is 7. The Bertz CT molecular complexity index is 1360. The zero-order valence-electron chi connectivity index (χ0n) is 21.5. The summed E-state index contributed by atoms with van der Waals surface area (Å²) in [5, 5.41) is 4.04. The van der Waals surface area contributed by atoms with Gasteiger partial charge < -0.3 is 19.7 Å². The van der Waals surface area contributed by atoms with Crippen molar-refractivity contribution < 1.29 is 14.3 Å². The summed E-state index contributed by atoms with van der Waals surface area (Å²) in [5.41, 5.74) is 1.90. The van der Waals surface area contributed by atoms with E-state index in [1.165, 1.54) is 0 Å². The van der Waals surface area contributed by atoms with Crippen molar-refractivity contribution in [3.8, 4) is 17.1 Å². The van der Waals surface area contributed by atoms with E-state index in [1.807, 2.05) is 29.3 Å². The summed E-state index contributed by atoms with van der Waals surface area (Å²) in [7, 11) is 0. The summed E-state index contributed by atoms with van der Waals surface area (Å²) in [5.74, 6) is 0.524. The Morgan fingerprint density at radius 1 is 0.974 bits per heavy atom. The molecule has 1 aliphatic carbocycles. The molecule has 1 amide bonds. The SMILES string of the molecule is Cl.O=C1OCCN1C1CCC(Nc2nccc(-c3cn(C4CCOCC4)c(=O)n3-c3cccc(Cl)c3)n2)CC1. The number of benzene rings is 1.